The zero-order chi connectivity index (χ0) is 18.4. The van der Waals surface area contributed by atoms with Crippen LogP contribution >= 0.6 is 27.7 Å². The number of amides is 1. The number of rotatable bonds is 6. The van der Waals surface area contributed by atoms with E-state index in [0.717, 1.165) is 21.0 Å². The van der Waals surface area contributed by atoms with Gasteiger partial charge in [-0.25, -0.2) is 4.98 Å². The van der Waals surface area contributed by atoms with Crippen LogP contribution in [0.1, 0.15) is 0 Å². The molecule has 0 atom stereocenters. The Morgan fingerprint density at radius 2 is 1.92 bits per heavy atom. The highest BCUT2D eigenvalue weighted by Crippen LogP contribution is 2.23. The topological polar surface area (TPSA) is 61.9 Å². The minimum Gasteiger partial charge on any atom is -0.298 e. The van der Waals surface area contributed by atoms with Gasteiger partial charge in [-0.2, -0.15) is 5.26 Å². The van der Waals surface area contributed by atoms with Gasteiger partial charge < -0.3 is 0 Å². The molecule has 0 aliphatic heterocycles. The number of carbonyl (C=O) groups excluding carboxylic acids is 1. The molecular formula is C19H15BrN4OS. The Kier molecular flexibility index (Phi) is 6.10. The van der Waals surface area contributed by atoms with Crippen LogP contribution in [0.3, 0.4) is 0 Å². The van der Waals surface area contributed by atoms with E-state index in [1.807, 2.05) is 65.4 Å². The van der Waals surface area contributed by atoms with E-state index in [4.69, 9.17) is 5.26 Å². The molecule has 0 radical (unpaired) electrons. The first-order valence-electron chi connectivity index (χ1n) is 7.83. The molecule has 1 aromatic heterocycles. The Labute approximate surface area is 164 Å². The van der Waals surface area contributed by atoms with Crippen LogP contribution in [-0.2, 0) is 4.79 Å². The normalized spacial score (nSPS) is 10.3. The van der Waals surface area contributed by atoms with Crippen molar-refractivity contribution < 1.29 is 4.79 Å². The molecule has 0 aliphatic carbocycles. The second-order valence-electron chi connectivity index (χ2n) is 5.32. The summed E-state index contributed by atoms with van der Waals surface area (Å²) in [6.45, 7) is 0.0184. The smallest absolute Gasteiger partial charge is 0.238 e. The van der Waals surface area contributed by atoms with Gasteiger partial charge in [-0.05, 0) is 36.4 Å². The lowest BCUT2D eigenvalue weighted by molar-refractivity contribution is -0.116. The number of aromatic nitrogens is 2. The molecule has 1 amide bonds. The maximum absolute atomic E-state index is 12.6. The summed E-state index contributed by atoms with van der Waals surface area (Å²) in [6.07, 6.45) is 3.57. The van der Waals surface area contributed by atoms with Crippen LogP contribution in [0.2, 0.25) is 0 Å². The molecule has 0 fully saturated rings. The van der Waals surface area contributed by atoms with Crippen molar-refractivity contribution in [1.82, 2.24) is 9.55 Å². The van der Waals surface area contributed by atoms with E-state index >= 15 is 0 Å². The molecule has 3 rings (SSSR count). The third-order valence-corrected chi connectivity index (χ3v) is 5.11. The van der Waals surface area contributed by atoms with Gasteiger partial charge >= 0.3 is 0 Å². The van der Waals surface area contributed by atoms with Gasteiger partial charge in [0.2, 0.25) is 5.91 Å². The minimum absolute atomic E-state index is 0.0184. The van der Waals surface area contributed by atoms with Crippen molar-refractivity contribution in [3.8, 4) is 11.8 Å². The predicted molar refractivity (Wildman–Crippen MR) is 106 cm³/mol. The van der Waals surface area contributed by atoms with Gasteiger partial charge in [0.15, 0.2) is 5.16 Å². The number of halogens is 1. The molecule has 0 bridgehead atoms. The van der Waals surface area contributed by atoms with Crippen molar-refractivity contribution in [1.29, 1.82) is 5.26 Å². The highest BCUT2D eigenvalue weighted by molar-refractivity contribution is 9.10. The average molecular weight is 427 g/mol. The molecule has 26 heavy (non-hydrogen) atoms. The summed E-state index contributed by atoms with van der Waals surface area (Å²) in [5.74, 6) is 0.0671. The van der Waals surface area contributed by atoms with Crippen LogP contribution in [-0.4, -0.2) is 27.8 Å². The number of thioether (sulfide) groups is 1. The largest absolute Gasteiger partial charge is 0.298 e. The van der Waals surface area contributed by atoms with Crippen molar-refractivity contribution in [2.24, 2.45) is 0 Å². The van der Waals surface area contributed by atoms with Gasteiger partial charge in [-0.15, -0.1) is 0 Å². The number of hydrogen-bond acceptors (Lipinski definition) is 4. The predicted octanol–water partition coefficient (Wildman–Crippen LogP) is 4.28. The number of benzene rings is 2. The van der Waals surface area contributed by atoms with Crippen LogP contribution in [0, 0.1) is 11.3 Å². The highest BCUT2D eigenvalue weighted by atomic mass is 79.9. The summed E-state index contributed by atoms with van der Waals surface area (Å²) in [4.78, 5) is 18.5. The zero-order valence-corrected chi connectivity index (χ0v) is 16.2. The Balaban J connectivity index is 1.73. The Hall–Kier alpha value is -2.56. The van der Waals surface area contributed by atoms with Crippen LogP contribution in [0.25, 0.3) is 5.69 Å². The summed E-state index contributed by atoms with van der Waals surface area (Å²) in [5, 5.41) is 9.77. The van der Waals surface area contributed by atoms with Crippen molar-refractivity contribution >= 4 is 39.3 Å². The molecule has 5 nitrogen and oxygen atoms in total. The molecule has 0 saturated heterocycles. The maximum Gasteiger partial charge on any atom is 0.238 e. The summed E-state index contributed by atoms with van der Waals surface area (Å²) in [5.41, 5.74) is 1.69. The molecule has 0 spiro atoms. The Bertz CT molecular complexity index is 919. The quantitative estimate of drug-likeness (QED) is 0.435. The van der Waals surface area contributed by atoms with E-state index in [0.29, 0.717) is 0 Å². The average Bonchev–Trinajstić information content (AvgIpc) is 3.14. The van der Waals surface area contributed by atoms with Crippen molar-refractivity contribution in [3.63, 3.8) is 0 Å². The van der Waals surface area contributed by atoms with Gasteiger partial charge in [-0.3, -0.25) is 14.3 Å². The first kappa shape index (κ1) is 18.2. The molecule has 0 unspecified atom stereocenters. The monoisotopic (exact) mass is 426 g/mol. The van der Waals surface area contributed by atoms with Crippen LogP contribution in [0.5, 0.6) is 0 Å². The second-order valence-corrected chi connectivity index (χ2v) is 7.18. The molecule has 2 aromatic carbocycles. The lowest BCUT2D eigenvalue weighted by atomic mass is 10.3. The zero-order valence-electron chi connectivity index (χ0n) is 13.7. The standard InChI is InChI=1S/C19H15BrN4OS/c20-15-6-8-17(9-7-15)24-13-11-22-19(24)26-14-18(25)23(12-10-21)16-4-2-1-3-5-16/h1-9,11,13H,12,14H2. The van der Waals surface area contributed by atoms with Crippen LogP contribution in [0.15, 0.2) is 76.6 Å². The van der Waals surface area contributed by atoms with Crippen molar-refractivity contribution in [2.45, 2.75) is 5.16 Å². The number of nitrogens with zero attached hydrogens (tertiary/aromatic N) is 4. The molecule has 7 heteroatoms. The van der Waals surface area contributed by atoms with E-state index < -0.39 is 0 Å². The van der Waals surface area contributed by atoms with E-state index in [-0.39, 0.29) is 18.2 Å². The van der Waals surface area contributed by atoms with Crippen molar-refractivity contribution in [2.75, 3.05) is 17.2 Å². The van der Waals surface area contributed by atoms with Gasteiger partial charge in [0.25, 0.3) is 0 Å². The Morgan fingerprint density at radius 3 is 2.62 bits per heavy atom. The van der Waals surface area contributed by atoms with Gasteiger partial charge in [0, 0.05) is 28.2 Å². The number of imidazole rings is 1. The lowest BCUT2D eigenvalue weighted by Gasteiger charge is -2.19. The fraction of sp³-hybridized carbons (Fsp3) is 0.105. The molecule has 3 aromatic rings. The summed E-state index contributed by atoms with van der Waals surface area (Å²) >= 11 is 4.77. The molecule has 130 valence electrons. The van der Waals surface area contributed by atoms with Gasteiger partial charge in [0.05, 0.1) is 11.8 Å². The van der Waals surface area contributed by atoms with Crippen LogP contribution < -0.4 is 4.90 Å². The molecule has 0 aliphatic rings. The third kappa shape index (κ3) is 4.34. The number of hydrogen-bond donors (Lipinski definition) is 0. The van der Waals surface area contributed by atoms with Gasteiger partial charge in [-0.1, -0.05) is 45.9 Å². The lowest BCUT2D eigenvalue weighted by Crippen LogP contribution is -2.32. The van der Waals surface area contributed by atoms with E-state index in [9.17, 15) is 4.79 Å². The number of carbonyl (C=O) groups is 1. The minimum atomic E-state index is -0.131. The highest BCUT2D eigenvalue weighted by Gasteiger charge is 2.17. The third-order valence-electron chi connectivity index (χ3n) is 3.63. The van der Waals surface area contributed by atoms with E-state index in [1.165, 1.54) is 16.7 Å². The number of nitriles is 1. The van der Waals surface area contributed by atoms with E-state index in [1.54, 1.807) is 6.20 Å². The summed E-state index contributed by atoms with van der Waals surface area (Å²) in [6, 6.07) is 19.1. The first-order valence-corrected chi connectivity index (χ1v) is 9.61. The number of para-hydroxylation sites is 1. The Morgan fingerprint density at radius 1 is 1.19 bits per heavy atom. The molecule has 0 saturated carbocycles. The van der Waals surface area contributed by atoms with Crippen molar-refractivity contribution in [3.05, 3.63) is 71.5 Å². The first-order chi connectivity index (χ1) is 12.7. The maximum atomic E-state index is 12.6. The van der Waals surface area contributed by atoms with Crippen LogP contribution in [0.4, 0.5) is 5.69 Å². The summed E-state index contributed by atoms with van der Waals surface area (Å²) in [7, 11) is 0. The molecule has 1 heterocycles. The fourth-order valence-electron chi connectivity index (χ4n) is 2.40. The molecule has 0 N–H and O–H groups in total. The second kappa shape index (κ2) is 8.70. The SMILES string of the molecule is N#CCN(C(=O)CSc1nccn1-c1ccc(Br)cc1)c1ccccc1. The van der Waals surface area contributed by atoms with E-state index in [2.05, 4.69) is 27.0 Å². The number of anilines is 1. The fourth-order valence-corrected chi connectivity index (χ4v) is 3.51. The summed E-state index contributed by atoms with van der Waals surface area (Å²) < 4.78 is 2.93. The molecular weight excluding hydrogens is 412 g/mol. The van der Waals surface area contributed by atoms with Gasteiger partial charge in [0.1, 0.15) is 6.54 Å².